The molecule has 9 heteroatoms. The zero-order chi connectivity index (χ0) is 23.3. The predicted molar refractivity (Wildman–Crippen MR) is 124 cm³/mol. The van der Waals surface area contributed by atoms with Gasteiger partial charge in [0.25, 0.3) is 11.8 Å². The van der Waals surface area contributed by atoms with Crippen LogP contribution in [-0.4, -0.2) is 44.2 Å². The highest BCUT2D eigenvalue weighted by molar-refractivity contribution is 7.89. The van der Waals surface area contributed by atoms with Gasteiger partial charge >= 0.3 is 0 Å². The van der Waals surface area contributed by atoms with Crippen LogP contribution in [0.25, 0.3) is 0 Å². The van der Waals surface area contributed by atoms with Crippen LogP contribution in [0.5, 0.6) is 0 Å². The van der Waals surface area contributed by atoms with E-state index in [0.717, 1.165) is 12.8 Å². The summed E-state index contributed by atoms with van der Waals surface area (Å²) in [6.45, 7) is 2.88. The molecule has 1 saturated heterocycles. The molecule has 2 aromatic carbocycles. The number of nitrogens with one attached hydrogen (secondary N) is 2. The number of halogens is 1. The molecule has 168 valence electrons. The first-order valence-electron chi connectivity index (χ1n) is 10.2. The number of hydrogen-bond donors (Lipinski definition) is 2. The van der Waals surface area contributed by atoms with Crippen LogP contribution in [0.2, 0.25) is 5.02 Å². The van der Waals surface area contributed by atoms with Crippen molar-refractivity contribution in [3.8, 4) is 12.3 Å². The van der Waals surface area contributed by atoms with Crippen LogP contribution in [-0.2, 0) is 10.0 Å². The molecule has 1 heterocycles. The minimum atomic E-state index is -3.85. The number of benzene rings is 2. The van der Waals surface area contributed by atoms with Crippen molar-refractivity contribution in [1.82, 2.24) is 9.62 Å². The van der Waals surface area contributed by atoms with E-state index in [0.29, 0.717) is 13.1 Å². The molecule has 0 saturated carbocycles. The Morgan fingerprint density at radius 3 is 2.69 bits per heavy atom. The summed E-state index contributed by atoms with van der Waals surface area (Å²) in [6.07, 6.45) is 6.92. The van der Waals surface area contributed by atoms with Crippen LogP contribution >= 0.6 is 11.6 Å². The van der Waals surface area contributed by atoms with E-state index in [2.05, 4.69) is 16.6 Å². The Morgan fingerprint density at radius 1 is 1.22 bits per heavy atom. The second-order valence-corrected chi connectivity index (χ2v) is 9.96. The molecule has 7 nitrogen and oxygen atoms in total. The van der Waals surface area contributed by atoms with E-state index in [-0.39, 0.29) is 39.2 Å². The van der Waals surface area contributed by atoms with Gasteiger partial charge < -0.3 is 10.6 Å². The number of carbonyl (C=O) groups is 2. The van der Waals surface area contributed by atoms with Gasteiger partial charge in [-0.2, -0.15) is 4.31 Å². The first-order valence-corrected chi connectivity index (χ1v) is 12.0. The number of anilines is 1. The largest absolute Gasteiger partial charge is 0.341 e. The molecule has 0 aliphatic carbocycles. The minimum absolute atomic E-state index is 0.0499. The van der Waals surface area contributed by atoms with Crippen molar-refractivity contribution in [1.29, 1.82) is 0 Å². The molecule has 0 radical (unpaired) electrons. The van der Waals surface area contributed by atoms with Crippen molar-refractivity contribution >= 4 is 39.1 Å². The van der Waals surface area contributed by atoms with Gasteiger partial charge in [0.15, 0.2) is 0 Å². The Bertz CT molecular complexity index is 1170. The summed E-state index contributed by atoms with van der Waals surface area (Å²) in [7, 11) is -3.85. The first-order chi connectivity index (χ1) is 15.2. The molecule has 2 amide bonds. The Hall–Kier alpha value is -2.86. The molecule has 3 rings (SSSR count). The van der Waals surface area contributed by atoms with Gasteiger partial charge in [-0.1, -0.05) is 36.6 Å². The summed E-state index contributed by atoms with van der Waals surface area (Å²) in [6, 6.07) is 10.6. The Kier molecular flexibility index (Phi) is 7.56. The molecule has 2 N–H and O–H groups in total. The quantitative estimate of drug-likeness (QED) is 0.629. The zero-order valence-corrected chi connectivity index (χ0v) is 19.2. The van der Waals surface area contributed by atoms with Gasteiger partial charge in [-0.3, -0.25) is 9.59 Å². The lowest BCUT2D eigenvalue weighted by Gasteiger charge is -2.30. The summed E-state index contributed by atoms with van der Waals surface area (Å²) in [5.41, 5.74) is 0.619. The maximum absolute atomic E-state index is 13.2. The van der Waals surface area contributed by atoms with E-state index in [4.69, 9.17) is 18.0 Å². The number of para-hydroxylation sites is 1. The highest BCUT2D eigenvalue weighted by atomic mass is 35.5. The van der Waals surface area contributed by atoms with Crippen molar-refractivity contribution in [2.75, 3.05) is 25.0 Å². The average Bonchev–Trinajstić information content (AvgIpc) is 2.78. The lowest BCUT2D eigenvalue weighted by molar-refractivity contribution is 0.0959. The molecule has 0 aromatic heterocycles. The second-order valence-electron chi connectivity index (χ2n) is 7.64. The molecule has 1 atom stereocenters. The third-order valence-corrected chi connectivity index (χ3v) is 7.55. The van der Waals surface area contributed by atoms with Crippen molar-refractivity contribution in [2.45, 2.75) is 24.7 Å². The van der Waals surface area contributed by atoms with Crippen molar-refractivity contribution < 1.29 is 18.0 Å². The van der Waals surface area contributed by atoms with Crippen LogP contribution in [0, 0.1) is 18.3 Å². The monoisotopic (exact) mass is 473 g/mol. The molecule has 32 heavy (non-hydrogen) atoms. The topological polar surface area (TPSA) is 95.6 Å². The average molecular weight is 474 g/mol. The van der Waals surface area contributed by atoms with Gasteiger partial charge in [0.2, 0.25) is 10.0 Å². The third-order valence-electron chi connectivity index (χ3n) is 5.20. The van der Waals surface area contributed by atoms with E-state index in [1.165, 1.54) is 22.5 Å². The Labute approximate surface area is 193 Å². The maximum atomic E-state index is 13.2. The lowest BCUT2D eigenvalue weighted by atomic mass is 10.0. The molecule has 0 spiro atoms. The standard InChI is InChI=1S/C23H24ClN3O4S/c1-3-12-25-23(29)18-8-4-5-9-20(18)26-22(28)17-10-11-19(24)21(14-17)32(30,31)27-13-6-7-16(2)15-27/h1,4-5,8-11,14,16H,6-7,12-13,15H2,2H3,(H,25,29)(H,26,28)/t16-/m0/s1. The first kappa shape index (κ1) is 23.8. The van der Waals surface area contributed by atoms with E-state index < -0.39 is 21.8 Å². The van der Waals surface area contributed by atoms with Crippen LogP contribution in [0.3, 0.4) is 0 Å². The van der Waals surface area contributed by atoms with Gasteiger partial charge in [-0.05, 0) is 49.1 Å². The van der Waals surface area contributed by atoms with E-state index in [1.807, 2.05) is 6.92 Å². The number of rotatable bonds is 6. The Morgan fingerprint density at radius 2 is 1.97 bits per heavy atom. The van der Waals surface area contributed by atoms with E-state index >= 15 is 0 Å². The summed E-state index contributed by atoms with van der Waals surface area (Å²) in [5.74, 6) is 1.57. The number of carbonyl (C=O) groups excluding carboxylic acids is 2. The second kappa shape index (κ2) is 10.2. The highest BCUT2D eigenvalue weighted by Gasteiger charge is 2.31. The summed E-state index contributed by atoms with van der Waals surface area (Å²) >= 11 is 6.21. The van der Waals surface area contributed by atoms with Crippen molar-refractivity contribution in [3.05, 3.63) is 58.6 Å². The lowest BCUT2D eigenvalue weighted by Crippen LogP contribution is -2.39. The van der Waals surface area contributed by atoms with Gasteiger partial charge in [0.05, 0.1) is 22.8 Å². The van der Waals surface area contributed by atoms with Gasteiger partial charge in [0.1, 0.15) is 4.90 Å². The molecule has 1 fully saturated rings. The maximum Gasteiger partial charge on any atom is 0.255 e. The van der Waals surface area contributed by atoms with E-state index in [1.54, 1.807) is 24.3 Å². The van der Waals surface area contributed by atoms with Crippen LogP contribution in [0.1, 0.15) is 40.5 Å². The fraction of sp³-hybridized carbons (Fsp3) is 0.304. The number of hydrogen-bond acceptors (Lipinski definition) is 4. The molecule has 2 aromatic rings. The highest BCUT2D eigenvalue weighted by Crippen LogP contribution is 2.29. The Balaban J connectivity index is 1.87. The number of amides is 2. The molecule has 1 aliphatic heterocycles. The SMILES string of the molecule is C#CCNC(=O)c1ccccc1NC(=O)c1ccc(Cl)c(S(=O)(=O)N2CCC[C@H](C)C2)c1. The fourth-order valence-corrected chi connectivity index (χ4v) is 5.66. The van der Waals surface area contributed by atoms with E-state index in [9.17, 15) is 18.0 Å². The van der Waals surface area contributed by atoms with Crippen LogP contribution in [0.4, 0.5) is 5.69 Å². The summed E-state index contributed by atoms with van der Waals surface area (Å²) < 4.78 is 27.8. The number of terminal acetylenes is 1. The van der Waals surface area contributed by atoms with Crippen LogP contribution in [0.15, 0.2) is 47.4 Å². The molecule has 1 aliphatic rings. The smallest absolute Gasteiger partial charge is 0.255 e. The summed E-state index contributed by atoms with van der Waals surface area (Å²) in [4.78, 5) is 25.1. The van der Waals surface area contributed by atoms with Crippen molar-refractivity contribution in [3.63, 3.8) is 0 Å². The molecular weight excluding hydrogens is 450 g/mol. The van der Waals surface area contributed by atoms with Crippen molar-refractivity contribution in [2.24, 2.45) is 5.92 Å². The predicted octanol–water partition coefficient (Wildman–Crippen LogP) is 3.38. The molecular formula is C23H24ClN3O4S. The molecule has 0 unspecified atom stereocenters. The van der Waals surface area contributed by atoms with Gasteiger partial charge in [0, 0.05) is 18.7 Å². The molecule has 0 bridgehead atoms. The zero-order valence-electron chi connectivity index (χ0n) is 17.6. The number of nitrogens with zero attached hydrogens (tertiary/aromatic N) is 1. The normalized spacial score (nSPS) is 16.7. The number of sulfonamides is 1. The van der Waals surface area contributed by atoms with Gasteiger partial charge in [-0.25, -0.2) is 8.42 Å². The summed E-state index contributed by atoms with van der Waals surface area (Å²) in [5, 5.41) is 5.27. The third kappa shape index (κ3) is 5.30. The van der Waals surface area contributed by atoms with Gasteiger partial charge in [-0.15, -0.1) is 6.42 Å². The fourth-order valence-electron chi connectivity index (χ4n) is 3.56. The minimum Gasteiger partial charge on any atom is -0.341 e. The number of piperidine rings is 1. The van der Waals surface area contributed by atoms with Crippen LogP contribution < -0.4 is 10.6 Å².